The van der Waals surface area contributed by atoms with Gasteiger partial charge in [-0.15, -0.1) is 0 Å². The van der Waals surface area contributed by atoms with Crippen LogP contribution in [0.2, 0.25) is 0 Å². The number of amides is 1. The van der Waals surface area contributed by atoms with Gasteiger partial charge >= 0.3 is 0 Å². The highest BCUT2D eigenvalue weighted by molar-refractivity contribution is 5.92. The Morgan fingerprint density at radius 1 is 1.07 bits per heavy atom. The third-order valence-corrected chi connectivity index (χ3v) is 4.73. The van der Waals surface area contributed by atoms with Gasteiger partial charge in [-0.1, -0.05) is 18.2 Å². The van der Waals surface area contributed by atoms with Crippen molar-refractivity contribution in [2.75, 3.05) is 38.2 Å². The summed E-state index contributed by atoms with van der Waals surface area (Å²) >= 11 is 0. The van der Waals surface area contributed by atoms with Crippen LogP contribution in [0.25, 0.3) is 5.57 Å². The molecule has 0 spiro atoms. The number of aromatic hydroxyl groups is 1. The topological polar surface area (TPSA) is 71.0 Å². The van der Waals surface area contributed by atoms with Crippen molar-refractivity contribution in [2.24, 2.45) is 0 Å². The molecular formula is C23H28N2O4. The Morgan fingerprint density at radius 3 is 2.45 bits per heavy atom. The minimum absolute atomic E-state index is 0.0573. The number of anilines is 1. The number of hydrogen-bond acceptors (Lipinski definition) is 5. The third kappa shape index (κ3) is 5.74. The molecule has 0 saturated carbocycles. The Balaban J connectivity index is 1.56. The average Bonchev–Trinajstić information content (AvgIpc) is 2.71. The van der Waals surface area contributed by atoms with Crippen LogP contribution in [-0.2, 0) is 4.79 Å². The number of phenols is 1. The summed E-state index contributed by atoms with van der Waals surface area (Å²) in [6.07, 6.45) is 3.02. The third-order valence-electron chi connectivity index (χ3n) is 4.73. The molecule has 0 bridgehead atoms. The molecule has 0 aliphatic carbocycles. The van der Waals surface area contributed by atoms with Gasteiger partial charge in [-0.05, 0) is 55.7 Å². The predicted octanol–water partition coefficient (Wildman–Crippen LogP) is 3.92. The summed E-state index contributed by atoms with van der Waals surface area (Å²) in [5.41, 5.74) is 3.05. The molecule has 0 unspecified atom stereocenters. The first-order valence-corrected chi connectivity index (χ1v) is 9.99. The lowest BCUT2D eigenvalue weighted by atomic mass is 9.99. The van der Waals surface area contributed by atoms with Gasteiger partial charge in [0, 0.05) is 24.8 Å². The molecule has 3 rings (SSSR count). The number of nitrogens with one attached hydrogen (secondary N) is 1. The SMILES string of the molecule is CCOc1ccc(NC(=O)CN2CC=C(c3ccc(O)cc3)CC2)cc1OCC. The first kappa shape index (κ1) is 20.7. The van der Waals surface area contributed by atoms with Crippen LogP contribution in [0.1, 0.15) is 25.8 Å². The van der Waals surface area contributed by atoms with Crippen LogP contribution >= 0.6 is 0 Å². The largest absolute Gasteiger partial charge is 0.508 e. The fourth-order valence-electron chi connectivity index (χ4n) is 3.32. The molecule has 1 aliphatic rings. The second-order valence-corrected chi connectivity index (χ2v) is 6.84. The average molecular weight is 396 g/mol. The van der Waals surface area contributed by atoms with Crippen molar-refractivity contribution in [3.05, 3.63) is 54.1 Å². The number of hydrogen-bond donors (Lipinski definition) is 2. The normalized spacial score (nSPS) is 14.2. The summed E-state index contributed by atoms with van der Waals surface area (Å²) in [5.74, 6) is 1.52. The maximum atomic E-state index is 12.5. The molecule has 0 fully saturated rings. The summed E-state index contributed by atoms with van der Waals surface area (Å²) in [5, 5.41) is 12.4. The first-order valence-electron chi connectivity index (χ1n) is 9.99. The number of carbonyl (C=O) groups excluding carboxylic acids is 1. The molecule has 0 saturated heterocycles. The summed E-state index contributed by atoms with van der Waals surface area (Å²) in [6.45, 7) is 6.78. The zero-order valence-corrected chi connectivity index (χ0v) is 17.0. The molecule has 154 valence electrons. The van der Waals surface area contributed by atoms with Gasteiger partial charge < -0.3 is 19.9 Å². The van der Waals surface area contributed by atoms with Crippen molar-refractivity contribution in [3.63, 3.8) is 0 Å². The molecule has 0 aromatic heterocycles. The predicted molar refractivity (Wildman–Crippen MR) is 115 cm³/mol. The fraction of sp³-hybridized carbons (Fsp3) is 0.348. The van der Waals surface area contributed by atoms with Crippen LogP contribution in [0.4, 0.5) is 5.69 Å². The van der Waals surface area contributed by atoms with E-state index in [1.54, 1.807) is 18.2 Å². The van der Waals surface area contributed by atoms with E-state index in [1.165, 1.54) is 5.57 Å². The van der Waals surface area contributed by atoms with E-state index >= 15 is 0 Å². The van der Waals surface area contributed by atoms with E-state index in [-0.39, 0.29) is 11.7 Å². The van der Waals surface area contributed by atoms with Gasteiger partial charge in [0.15, 0.2) is 11.5 Å². The van der Waals surface area contributed by atoms with Gasteiger partial charge in [-0.2, -0.15) is 0 Å². The van der Waals surface area contributed by atoms with Gasteiger partial charge in [0.2, 0.25) is 5.91 Å². The molecule has 29 heavy (non-hydrogen) atoms. The van der Waals surface area contributed by atoms with Crippen LogP contribution < -0.4 is 14.8 Å². The zero-order valence-electron chi connectivity index (χ0n) is 17.0. The molecule has 0 atom stereocenters. The van der Waals surface area contributed by atoms with E-state index in [0.29, 0.717) is 36.9 Å². The van der Waals surface area contributed by atoms with Crippen LogP contribution in [0.3, 0.4) is 0 Å². The maximum absolute atomic E-state index is 12.5. The first-order chi connectivity index (χ1) is 14.1. The number of benzene rings is 2. The van der Waals surface area contributed by atoms with Crippen molar-refractivity contribution in [1.82, 2.24) is 4.90 Å². The molecule has 2 aromatic rings. The molecule has 1 heterocycles. The van der Waals surface area contributed by atoms with E-state index in [0.717, 1.165) is 25.1 Å². The fourth-order valence-corrected chi connectivity index (χ4v) is 3.32. The van der Waals surface area contributed by atoms with Gasteiger partial charge in [-0.3, -0.25) is 9.69 Å². The quantitative estimate of drug-likeness (QED) is 0.708. The number of carbonyl (C=O) groups is 1. The minimum atomic E-state index is -0.0573. The Kier molecular flexibility index (Phi) is 7.14. The lowest BCUT2D eigenvalue weighted by Gasteiger charge is -2.26. The minimum Gasteiger partial charge on any atom is -0.508 e. The van der Waals surface area contributed by atoms with Crippen LogP contribution in [0.5, 0.6) is 17.2 Å². The lowest BCUT2D eigenvalue weighted by molar-refractivity contribution is -0.117. The smallest absolute Gasteiger partial charge is 0.238 e. The molecule has 0 radical (unpaired) electrons. The Hall–Kier alpha value is -2.99. The highest BCUT2D eigenvalue weighted by atomic mass is 16.5. The highest BCUT2D eigenvalue weighted by Gasteiger charge is 2.16. The van der Waals surface area contributed by atoms with Crippen molar-refractivity contribution < 1.29 is 19.4 Å². The highest BCUT2D eigenvalue weighted by Crippen LogP contribution is 2.30. The monoisotopic (exact) mass is 396 g/mol. The zero-order chi connectivity index (χ0) is 20.6. The van der Waals surface area contributed by atoms with Crippen molar-refractivity contribution in [1.29, 1.82) is 0 Å². The van der Waals surface area contributed by atoms with E-state index < -0.39 is 0 Å². The van der Waals surface area contributed by atoms with Gasteiger partial charge in [0.1, 0.15) is 5.75 Å². The molecule has 2 aromatic carbocycles. The van der Waals surface area contributed by atoms with E-state index in [1.807, 2.05) is 38.1 Å². The van der Waals surface area contributed by atoms with Gasteiger partial charge in [-0.25, -0.2) is 0 Å². The molecule has 1 amide bonds. The Bertz CT molecular complexity index is 862. The molecule has 6 nitrogen and oxygen atoms in total. The molecular weight excluding hydrogens is 368 g/mol. The number of phenolic OH excluding ortho intramolecular Hbond substituents is 1. The van der Waals surface area contributed by atoms with Gasteiger partial charge in [0.25, 0.3) is 0 Å². The maximum Gasteiger partial charge on any atom is 0.238 e. The van der Waals surface area contributed by atoms with Crippen molar-refractivity contribution in [2.45, 2.75) is 20.3 Å². The second kappa shape index (κ2) is 9.98. The van der Waals surface area contributed by atoms with Crippen LogP contribution in [-0.4, -0.2) is 48.8 Å². The van der Waals surface area contributed by atoms with E-state index in [2.05, 4.69) is 16.3 Å². The molecule has 2 N–H and O–H groups in total. The number of rotatable bonds is 8. The number of nitrogens with zero attached hydrogens (tertiary/aromatic N) is 1. The summed E-state index contributed by atoms with van der Waals surface area (Å²) < 4.78 is 11.2. The van der Waals surface area contributed by atoms with E-state index in [9.17, 15) is 9.90 Å². The molecule has 6 heteroatoms. The van der Waals surface area contributed by atoms with E-state index in [4.69, 9.17) is 9.47 Å². The van der Waals surface area contributed by atoms with Crippen LogP contribution in [0, 0.1) is 0 Å². The second-order valence-electron chi connectivity index (χ2n) is 6.84. The van der Waals surface area contributed by atoms with Gasteiger partial charge in [0.05, 0.1) is 19.8 Å². The van der Waals surface area contributed by atoms with Crippen molar-refractivity contribution >= 4 is 17.2 Å². The van der Waals surface area contributed by atoms with Crippen molar-refractivity contribution in [3.8, 4) is 17.2 Å². The Morgan fingerprint density at radius 2 is 1.79 bits per heavy atom. The standard InChI is InChI=1S/C23H28N2O4/c1-3-28-21-10-7-19(15-22(21)29-4-2)24-23(27)16-25-13-11-18(12-14-25)17-5-8-20(26)9-6-17/h5-11,15,26H,3-4,12-14,16H2,1-2H3,(H,24,27). The summed E-state index contributed by atoms with van der Waals surface area (Å²) in [4.78, 5) is 14.6. The summed E-state index contributed by atoms with van der Waals surface area (Å²) in [7, 11) is 0. The van der Waals surface area contributed by atoms with Crippen LogP contribution in [0.15, 0.2) is 48.5 Å². The summed E-state index contributed by atoms with van der Waals surface area (Å²) in [6, 6.07) is 12.7. The number of ether oxygens (including phenoxy) is 2. The lowest BCUT2D eigenvalue weighted by Crippen LogP contribution is -2.36. The Labute approximate surface area is 171 Å². The molecule has 1 aliphatic heterocycles.